The van der Waals surface area contributed by atoms with Crippen LogP contribution in [0, 0.1) is 0 Å². The van der Waals surface area contributed by atoms with Crippen LogP contribution in [0.4, 0.5) is 36.3 Å². The Kier molecular flexibility index (Phi) is 6.96. The van der Waals surface area contributed by atoms with Gasteiger partial charge in [0, 0.05) is 31.0 Å². The average Bonchev–Trinajstić information content (AvgIpc) is 2.76. The number of halogens is 3. The van der Waals surface area contributed by atoms with Crippen molar-refractivity contribution in [2.75, 3.05) is 28.2 Å². The number of anilines is 4. The Morgan fingerprint density at radius 3 is 2.35 bits per heavy atom. The molecule has 0 spiro atoms. The summed E-state index contributed by atoms with van der Waals surface area (Å²) in [6.45, 7) is -0.136. The number of rotatable bonds is 8. The zero-order chi connectivity index (χ0) is 25.1. The van der Waals surface area contributed by atoms with Crippen LogP contribution in [0.3, 0.4) is 0 Å². The van der Waals surface area contributed by atoms with Gasteiger partial charge in [0.05, 0.1) is 11.9 Å². The maximum absolute atomic E-state index is 13.5. The quantitative estimate of drug-likeness (QED) is 0.438. The predicted octanol–water partition coefficient (Wildman–Crippen LogP) is 3.35. The van der Waals surface area contributed by atoms with Gasteiger partial charge in [0.1, 0.15) is 11.4 Å². The van der Waals surface area contributed by atoms with E-state index in [-0.39, 0.29) is 18.1 Å². The highest BCUT2D eigenvalue weighted by Crippen LogP contribution is 2.34. The van der Waals surface area contributed by atoms with Gasteiger partial charge in [-0.05, 0) is 35.9 Å². The number of primary amides is 1. The largest absolute Gasteiger partial charge is 0.421 e. The molecule has 180 valence electrons. The first-order valence-electron chi connectivity index (χ1n) is 9.73. The van der Waals surface area contributed by atoms with Crippen LogP contribution in [0.25, 0.3) is 0 Å². The van der Waals surface area contributed by atoms with Crippen LogP contribution >= 0.6 is 0 Å². The molecule has 0 aliphatic heterocycles. The van der Waals surface area contributed by atoms with Gasteiger partial charge in [-0.3, -0.25) is 9.10 Å². The first-order valence-corrected chi connectivity index (χ1v) is 11.6. The van der Waals surface area contributed by atoms with Crippen molar-refractivity contribution in [3.05, 3.63) is 71.4 Å². The topological polar surface area (TPSA) is 130 Å². The molecule has 3 rings (SSSR count). The molecule has 1 amide bonds. The van der Waals surface area contributed by atoms with Crippen molar-refractivity contribution in [3.63, 3.8) is 0 Å². The van der Waals surface area contributed by atoms with E-state index in [9.17, 15) is 26.4 Å². The number of hydrogen-bond donors (Lipinski definition) is 3. The minimum Gasteiger partial charge on any atom is -0.366 e. The van der Waals surface area contributed by atoms with Crippen molar-refractivity contribution in [1.29, 1.82) is 0 Å². The molecule has 0 saturated carbocycles. The Morgan fingerprint density at radius 1 is 1.12 bits per heavy atom. The Balaban J connectivity index is 1.89. The second-order valence-electron chi connectivity index (χ2n) is 7.23. The Labute approximate surface area is 193 Å². The van der Waals surface area contributed by atoms with E-state index in [1.165, 1.54) is 31.3 Å². The zero-order valence-electron chi connectivity index (χ0n) is 18.1. The third-order valence-electron chi connectivity index (χ3n) is 4.79. The molecule has 0 radical (unpaired) electrons. The van der Waals surface area contributed by atoms with Crippen LogP contribution in [-0.2, 0) is 22.7 Å². The minimum absolute atomic E-state index is 0.121. The van der Waals surface area contributed by atoms with Crippen LogP contribution in [0.15, 0.2) is 54.7 Å². The first kappa shape index (κ1) is 24.8. The van der Waals surface area contributed by atoms with Gasteiger partial charge in [-0.15, -0.1) is 0 Å². The molecular weight excluding hydrogens is 473 g/mol. The lowest BCUT2D eigenvalue weighted by Crippen LogP contribution is -2.26. The molecule has 0 aliphatic rings. The molecular formula is C21H21F3N6O3S. The van der Waals surface area contributed by atoms with E-state index in [4.69, 9.17) is 5.73 Å². The number of carbonyl (C=O) groups is 1. The van der Waals surface area contributed by atoms with Crippen molar-refractivity contribution in [1.82, 2.24) is 9.97 Å². The summed E-state index contributed by atoms with van der Waals surface area (Å²) in [5.74, 6) is -1.23. The fourth-order valence-electron chi connectivity index (χ4n) is 2.96. The summed E-state index contributed by atoms with van der Waals surface area (Å²) in [4.78, 5) is 18.9. The normalized spacial score (nSPS) is 11.7. The summed E-state index contributed by atoms with van der Waals surface area (Å²) in [5, 5.41) is 5.41. The Hall–Kier alpha value is -3.87. The predicted molar refractivity (Wildman–Crippen MR) is 122 cm³/mol. The smallest absolute Gasteiger partial charge is 0.366 e. The van der Waals surface area contributed by atoms with Gasteiger partial charge in [0.25, 0.3) is 0 Å². The van der Waals surface area contributed by atoms with Crippen molar-refractivity contribution in [2.24, 2.45) is 5.73 Å². The Morgan fingerprint density at radius 2 is 1.76 bits per heavy atom. The fraction of sp³-hybridized carbons (Fsp3) is 0.190. The monoisotopic (exact) mass is 494 g/mol. The molecule has 1 heterocycles. The molecule has 2 aromatic carbocycles. The number of para-hydroxylation sites is 1. The lowest BCUT2D eigenvalue weighted by atomic mass is 10.1. The van der Waals surface area contributed by atoms with Crippen molar-refractivity contribution >= 4 is 39.1 Å². The maximum atomic E-state index is 13.5. The van der Waals surface area contributed by atoms with Crippen molar-refractivity contribution < 1.29 is 26.4 Å². The van der Waals surface area contributed by atoms with Gasteiger partial charge in [-0.25, -0.2) is 13.4 Å². The number of benzene rings is 2. The minimum atomic E-state index is -4.73. The molecule has 0 fully saturated rings. The molecule has 0 bridgehead atoms. The van der Waals surface area contributed by atoms with E-state index in [0.29, 0.717) is 23.1 Å². The van der Waals surface area contributed by atoms with E-state index in [1.54, 1.807) is 24.3 Å². The molecule has 34 heavy (non-hydrogen) atoms. The summed E-state index contributed by atoms with van der Waals surface area (Å²) in [5.41, 5.74) is 5.55. The molecule has 13 heteroatoms. The van der Waals surface area contributed by atoms with Gasteiger partial charge < -0.3 is 16.4 Å². The number of sulfonamides is 1. The van der Waals surface area contributed by atoms with Crippen molar-refractivity contribution in [3.8, 4) is 0 Å². The summed E-state index contributed by atoms with van der Waals surface area (Å²) in [6.07, 6.45) is -3.06. The highest BCUT2D eigenvalue weighted by Gasteiger charge is 2.35. The molecule has 4 N–H and O–H groups in total. The molecule has 0 saturated heterocycles. The fourth-order valence-corrected chi connectivity index (χ4v) is 3.49. The van der Waals surface area contributed by atoms with E-state index in [0.717, 1.165) is 10.6 Å². The van der Waals surface area contributed by atoms with Gasteiger partial charge >= 0.3 is 6.18 Å². The first-order chi connectivity index (χ1) is 15.9. The van der Waals surface area contributed by atoms with Gasteiger partial charge in [0.15, 0.2) is 0 Å². The number of alkyl halides is 3. The van der Waals surface area contributed by atoms with Crippen LogP contribution in [0.1, 0.15) is 21.5 Å². The number of nitrogens with one attached hydrogen (secondary N) is 2. The van der Waals surface area contributed by atoms with Gasteiger partial charge in [-0.1, -0.05) is 18.2 Å². The van der Waals surface area contributed by atoms with Gasteiger partial charge in [-0.2, -0.15) is 18.2 Å². The van der Waals surface area contributed by atoms with Crippen LogP contribution < -0.4 is 20.7 Å². The molecule has 0 unspecified atom stereocenters. The lowest BCUT2D eigenvalue weighted by molar-refractivity contribution is -0.137. The summed E-state index contributed by atoms with van der Waals surface area (Å²) >= 11 is 0. The van der Waals surface area contributed by atoms with E-state index in [1.807, 2.05) is 0 Å². The number of aromatic nitrogens is 2. The molecule has 3 aromatic rings. The van der Waals surface area contributed by atoms with E-state index < -0.39 is 33.5 Å². The van der Waals surface area contributed by atoms with Gasteiger partial charge in [0.2, 0.25) is 21.9 Å². The highest BCUT2D eigenvalue weighted by molar-refractivity contribution is 7.92. The summed E-state index contributed by atoms with van der Waals surface area (Å²) in [6, 6.07) is 12.3. The Bertz CT molecular complexity index is 1300. The zero-order valence-corrected chi connectivity index (χ0v) is 18.9. The number of carbonyl (C=O) groups excluding carboxylic acids is 1. The number of nitrogens with two attached hydrogens (primary N) is 1. The van der Waals surface area contributed by atoms with E-state index >= 15 is 0 Å². The molecule has 0 aliphatic carbocycles. The lowest BCUT2D eigenvalue weighted by Gasteiger charge is -2.21. The van der Waals surface area contributed by atoms with Crippen molar-refractivity contribution in [2.45, 2.75) is 12.7 Å². The summed E-state index contributed by atoms with van der Waals surface area (Å²) < 4.78 is 65.5. The number of amides is 1. The number of nitrogens with zero attached hydrogens (tertiary/aromatic N) is 3. The third-order valence-corrected chi connectivity index (χ3v) is 5.99. The number of hydrogen-bond acceptors (Lipinski definition) is 7. The van der Waals surface area contributed by atoms with Crippen LogP contribution in [0.2, 0.25) is 0 Å². The van der Waals surface area contributed by atoms with E-state index in [2.05, 4.69) is 20.6 Å². The summed E-state index contributed by atoms with van der Waals surface area (Å²) in [7, 11) is -2.23. The van der Waals surface area contributed by atoms with Crippen LogP contribution in [0.5, 0.6) is 0 Å². The second kappa shape index (κ2) is 9.55. The molecule has 1 aromatic heterocycles. The third kappa shape index (κ3) is 5.92. The maximum Gasteiger partial charge on any atom is 0.421 e. The average molecular weight is 494 g/mol. The van der Waals surface area contributed by atoms with Crippen LogP contribution in [-0.4, -0.2) is 37.6 Å². The second-order valence-corrected chi connectivity index (χ2v) is 9.25. The standard InChI is InChI=1S/C21H21F3N6O3S/c1-30(34(2,32)33)17-6-4-3-5-14(17)11-26-19-16(21(22,23)24)12-27-20(29-19)28-15-9-7-13(8-10-15)18(25)31/h3-10,12H,11H2,1-2H3,(H2,25,31)(H2,26,27,28,29). The highest BCUT2D eigenvalue weighted by atomic mass is 32.2. The SMILES string of the molecule is CN(c1ccccc1CNc1nc(Nc2ccc(C(N)=O)cc2)ncc1C(F)(F)F)S(C)(=O)=O. The molecule has 9 nitrogen and oxygen atoms in total. The molecule has 0 atom stereocenters.